The summed E-state index contributed by atoms with van der Waals surface area (Å²) in [4.78, 5) is 155. The fourth-order valence-corrected chi connectivity index (χ4v) is 9.71. The van der Waals surface area contributed by atoms with Crippen molar-refractivity contribution in [2.45, 2.75) is 123 Å². The molecule has 0 saturated carbocycles. The van der Waals surface area contributed by atoms with Crippen molar-refractivity contribution in [3.8, 4) is 0 Å². The molecule has 9 N–H and O–H groups in total. The lowest BCUT2D eigenvalue weighted by molar-refractivity contribution is -0.146. The first-order valence-electron chi connectivity index (χ1n) is 25.6. The second kappa shape index (κ2) is 22.9. The molecular formula is C54H68N12O12. The van der Waals surface area contributed by atoms with Crippen LogP contribution in [0.3, 0.4) is 0 Å². The van der Waals surface area contributed by atoms with Crippen molar-refractivity contribution >= 4 is 65.0 Å². The number of imide groups is 1. The predicted octanol–water partition coefficient (Wildman–Crippen LogP) is -0.132. The number of nitrogens with one attached hydrogen (secondary N) is 8. The molecule has 24 nitrogen and oxygen atoms in total. The van der Waals surface area contributed by atoms with Crippen molar-refractivity contribution in [1.82, 2.24) is 62.6 Å². The van der Waals surface area contributed by atoms with Gasteiger partial charge in [0, 0.05) is 47.4 Å². The number of aliphatic hydroxyl groups is 1. The van der Waals surface area contributed by atoms with Crippen LogP contribution in [-0.2, 0) is 28.8 Å². The Morgan fingerprint density at radius 3 is 1.38 bits per heavy atom. The van der Waals surface area contributed by atoms with Crippen molar-refractivity contribution in [3.05, 3.63) is 106 Å². The van der Waals surface area contributed by atoms with E-state index in [4.69, 9.17) is 0 Å². The van der Waals surface area contributed by atoms with Crippen LogP contribution in [0, 0.1) is 10.8 Å². The van der Waals surface area contributed by atoms with E-state index in [1.807, 2.05) is 0 Å². The van der Waals surface area contributed by atoms with Crippen LogP contribution in [0.25, 0.3) is 0 Å². The third-order valence-corrected chi connectivity index (χ3v) is 14.5. The zero-order valence-electron chi connectivity index (χ0n) is 45.2. The van der Waals surface area contributed by atoms with E-state index < -0.39 is 130 Å². The number of rotatable bonds is 16. The number of hydrogen-bond acceptors (Lipinski definition) is 14. The number of hydrogen-bond donors (Lipinski definition) is 9. The van der Waals surface area contributed by atoms with Crippen LogP contribution in [0.4, 0.5) is 0 Å². The number of likely N-dealkylation sites (tertiary alicyclic amines) is 2. The molecule has 2 saturated heterocycles. The summed E-state index contributed by atoms with van der Waals surface area (Å²) < 4.78 is 0. The molecule has 2 fully saturated rings. The highest BCUT2D eigenvalue weighted by Crippen LogP contribution is 2.32. The van der Waals surface area contributed by atoms with Gasteiger partial charge >= 0.3 is 0 Å². The molecule has 3 aromatic carbocycles. The Hall–Kier alpha value is -8.09. The van der Waals surface area contributed by atoms with Gasteiger partial charge in [0.1, 0.15) is 24.2 Å². The minimum absolute atomic E-state index is 0.00107. The van der Waals surface area contributed by atoms with Crippen LogP contribution >= 0.6 is 0 Å². The topological polar surface area (TPSA) is 317 Å². The van der Waals surface area contributed by atoms with Gasteiger partial charge in [0.15, 0.2) is 6.23 Å². The standard InChI is InChI=1S/C54H68N12O12/c1-27(55-9)41(67)59-39(53(3,4)5)51(77)63-25-31(23-37(63)45(71)61-65-47(73)33-18-11-12-19-34(33)48(65)74)57-43(69)29-16-15-17-30(22-29)44(70)58-32-24-38(46(72)62-66-49(75)35-20-13-14-21-36(35)50(66)76)64(26-32)52(78)40(54(6,7)8)60-42(68)28(2)56-10/h11-22,27-28,31-32,37-40,47,55-56,73H,23-26H2,1-10H3,(H,57,69)(H,58,70)(H,59,67)(H,60,68)(H,61,71)(H,62,72)/t27-,28-,31-,32-,37?,38?,39+,40?,47?/m0/s1. The van der Waals surface area contributed by atoms with Gasteiger partial charge in [-0.15, -0.1) is 0 Å². The number of nitrogens with zero attached hydrogens (tertiary/aromatic N) is 4. The normalized spacial score (nSPS) is 21.5. The van der Waals surface area contributed by atoms with E-state index in [0.29, 0.717) is 5.01 Å². The van der Waals surface area contributed by atoms with Crippen LogP contribution in [0.5, 0.6) is 0 Å². The zero-order valence-corrected chi connectivity index (χ0v) is 45.2. The fraction of sp³-hybridized carbons (Fsp3) is 0.463. The Balaban J connectivity index is 1.09. The zero-order chi connectivity index (χ0) is 57.3. The summed E-state index contributed by atoms with van der Waals surface area (Å²) in [5.74, 6) is -7.70. The molecule has 11 amide bonds. The number of likely N-dealkylation sites (N-methyl/N-ethyl adjacent to an activating group) is 2. The first kappa shape index (κ1) is 57.6. The molecule has 78 heavy (non-hydrogen) atoms. The Morgan fingerprint density at radius 2 is 0.974 bits per heavy atom. The number of hydrazine groups is 2. The molecule has 0 bridgehead atoms. The molecule has 4 aliphatic heterocycles. The monoisotopic (exact) mass is 1080 g/mol. The number of amides is 11. The summed E-state index contributed by atoms with van der Waals surface area (Å²) in [7, 11) is 3.16. The summed E-state index contributed by atoms with van der Waals surface area (Å²) in [5, 5.41) is 29.3. The van der Waals surface area contributed by atoms with Gasteiger partial charge in [0.05, 0.1) is 23.2 Å². The van der Waals surface area contributed by atoms with Gasteiger partial charge in [-0.2, -0.15) is 5.01 Å². The molecule has 9 atom stereocenters. The molecule has 4 heterocycles. The second-order valence-corrected chi connectivity index (χ2v) is 22.1. The van der Waals surface area contributed by atoms with Crippen molar-refractivity contribution in [2.24, 2.45) is 10.8 Å². The highest BCUT2D eigenvalue weighted by Gasteiger charge is 2.49. The molecule has 0 aliphatic carbocycles. The smallest absolute Gasteiger partial charge is 0.280 e. The van der Waals surface area contributed by atoms with E-state index >= 15 is 0 Å². The van der Waals surface area contributed by atoms with Crippen LogP contribution in [0.1, 0.15) is 132 Å². The second-order valence-electron chi connectivity index (χ2n) is 22.1. The SMILES string of the molecule is CN[C@@H](C)C(=O)NC(C(=O)N1C[C@@H](NC(=O)c2cccc(C(=O)N[C@H]3CC(C(=O)NN4C(=O)c5ccccc5C4O)N(C(=O)[C@@H](NC(=O)[C@H](C)NC)C(C)(C)C)C3)c2)CC1C(=O)NN1C(=O)c2ccccc2C1=O)C(C)(C)C. The fourth-order valence-electron chi connectivity index (χ4n) is 9.71. The number of aliphatic hydroxyl groups excluding tert-OH is 1. The third kappa shape index (κ3) is 11.9. The molecule has 3 aromatic rings. The lowest BCUT2D eigenvalue weighted by Crippen LogP contribution is -2.60. The van der Waals surface area contributed by atoms with E-state index in [1.54, 1.807) is 93.8 Å². The molecular weight excluding hydrogens is 1010 g/mol. The average molecular weight is 1080 g/mol. The summed E-state index contributed by atoms with van der Waals surface area (Å²) in [5.41, 5.74) is 3.64. The van der Waals surface area contributed by atoms with Crippen LogP contribution in [0.15, 0.2) is 72.8 Å². The highest BCUT2D eigenvalue weighted by molar-refractivity contribution is 6.22. The van der Waals surface area contributed by atoms with E-state index in [-0.39, 0.29) is 59.3 Å². The number of benzene rings is 3. The average Bonchev–Trinajstić information content (AvgIpc) is 4.15. The van der Waals surface area contributed by atoms with E-state index in [9.17, 15) is 57.8 Å². The maximum Gasteiger partial charge on any atom is 0.280 e. The first-order chi connectivity index (χ1) is 36.7. The van der Waals surface area contributed by atoms with Gasteiger partial charge in [-0.1, -0.05) is 77.9 Å². The summed E-state index contributed by atoms with van der Waals surface area (Å²) >= 11 is 0. The molecule has 7 rings (SSSR count). The minimum atomic E-state index is -1.53. The van der Waals surface area contributed by atoms with Gasteiger partial charge in [0.25, 0.3) is 41.4 Å². The Labute approximate surface area is 451 Å². The maximum absolute atomic E-state index is 14.6. The van der Waals surface area contributed by atoms with E-state index in [1.165, 1.54) is 58.3 Å². The summed E-state index contributed by atoms with van der Waals surface area (Å²) in [6, 6.07) is 9.69. The van der Waals surface area contributed by atoms with Crippen molar-refractivity contribution < 1.29 is 57.8 Å². The molecule has 0 radical (unpaired) electrons. The predicted molar refractivity (Wildman–Crippen MR) is 280 cm³/mol. The van der Waals surface area contributed by atoms with E-state index in [2.05, 4.69) is 42.8 Å². The maximum atomic E-state index is 14.6. The largest absolute Gasteiger partial charge is 0.368 e. The van der Waals surface area contributed by atoms with Crippen molar-refractivity contribution in [3.63, 3.8) is 0 Å². The van der Waals surface area contributed by atoms with Crippen LogP contribution in [-0.4, -0.2) is 165 Å². The quantitative estimate of drug-likeness (QED) is 0.0845. The summed E-state index contributed by atoms with van der Waals surface area (Å²) in [6.07, 6.45) is -1.89. The highest BCUT2D eigenvalue weighted by atomic mass is 16.3. The lowest BCUT2D eigenvalue weighted by atomic mass is 9.85. The summed E-state index contributed by atoms with van der Waals surface area (Å²) in [6.45, 7) is 13.1. The van der Waals surface area contributed by atoms with E-state index in [0.717, 1.165) is 5.01 Å². The van der Waals surface area contributed by atoms with Crippen molar-refractivity contribution in [1.29, 1.82) is 0 Å². The van der Waals surface area contributed by atoms with Gasteiger partial charge in [-0.25, -0.2) is 5.01 Å². The number of carbonyl (C=O) groups is 11. The van der Waals surface area contributed by atoms with Crippen molar-refractivity contribution in [2.75, 3.05) is 27.2 Å². The van der Waals surface area contributed by atoms with Gasteiger partial charge in [0.2, 0.25) is 23.6 Å². The molecule has 4 aliphatic rings. The number of fused-ring (bicyclic) bond motifs is 2. The Bertz CT molecular complexity index is 2900. The van der Waals surface area contributed by atoms with Crippen LogP contribution in [0.2, 0.25) is 0 Å². The molecule has 416 valence electrons. The number of carbonyl (C=O) groups excluding carboxylic acids is 11. The Morgan fingerprint density at radius 1 is 0.564 bits per heavy atom. The molecule has 24 heteroatoms. The van der Waals surface area contributed by atoms with Crippen LogP contribution < -0.4 is 42.8 Å². The Kier molecular flexibility index (Phi) is 16.9. The lowest BCUT2D eigenvalue weighted by Gasteiger charge is -2.36. The first-order valence-corrected chi connectivity index (χ1v) is 25.6. The third-order valence-electron chi connectivity index (χ3n) is 14.5. The van der Waals surface area contributed by atoms with Gasteiger partial charge < -0.3 is 46.8 Å². The van der Waals surface area contributed by atoms with Gasteiger partial charge in [-0.3, -0.25) is 63.6 Å². The molecule has 4 unspecified atom stereocenters. The molecule has 0 spiro atoms. The molecule has 0 aromatic heterocycles. The van der Waals surface area contributed by atoms with Gasteiger partial charge in [-0.05, 0) is 88.0 Å². The minimum Gasteiger partial charge on any atom is -0.368 e.